The van der Waals surface area contributed by atoms with Crippen molar-refractivity contribution in [1.29, 1.82) is 0 Å². The van der Waals surface area contributed by atoms with Gasteiger partial charge in [-0.15, -0.1) is 0 Å². The Morgan fingerprint density at radius 1 is 0.446 bits per heavy atom. The molecule has 4 fully saturated rings. The lowest BCUT2D eigenvalue weighted by Crippen LogP contribution is -2.57. The molecule has 0 radical (unpaired) electrons. The van der Waals surface area contributed by atoms with Crippen LogP contribution in [0.15, 0.2) is 164 Å². The zero-order chi connectivity index (χ0) is 35.8. The van der Waals surface area contributed by atoms with E-state index >= 15 is 0 Å². The predicted molar refractivity (Wildman–Crippen MR) is 234 cm³/mol. The molecule has 3 heterocycles. The molecule has 4 saturated carbocycles. The first kappa shape index (κ1) is 32.2. The second kappa shape index (κ2) is 11.7. The Kier molecular flexibility index (Phi) is 6.74. The van der Waals surface area contributed by atoms with Crippen LogP contribution in [0.5, 0.6) is 0 Å². The molecule has 56 heavy (non-hydrogen) atoms. The van der Waals surface area contributed by atoms with Crippen LogP contribution in [-0.2, 0) is 5.41 Å². The van der Waals surface area contributed by atoms with E-state index in [1.54, 1.807) is 11.1 Å². The molecule has 4 bridgehead atoms. The van der Waals surface area contributed by atoms with E-state index in [2.05, 4.69) is 178 Å². The first-order valence-electron chi connectivity index (χ1n) is 20.4. The van der Waals surface area contributed by atoms with Gasteiger partial charge in [0.2, 0.25) is 0 Å². The van der Waals surface area contributed by atoms with Crippen molar-refractivity contribution in [3.05, 3.63) is 175 Å². The van der Waals surface area contributed by atoms with Crippen LogP contribution in [0.4, 0.5) is 17.1 Å². The fraction of sp³-hybridized carbons (Fsp3) is 0.208. The molecular formula is C53H45N3. The highest BCUT2D eigenvalue weighted by atomic mass is 15.2. The van der Waals surface area contributed by atoms with Gasteiger partial charge in [-0.3, -0.25) is 0 Å². The summed E-state index contributed by atoms with van der Waals surface area (Å²) in [5.74, 6) is 3.21. The van der Waals surface area contributed by atoms with E-state index in [1.165, 1.54) is 98.5 Å². The lowest BCUT2D eigenvalue weighted by Gasteiger charge is -2.63. The average molecular weight is 724 g/mol. The van der Waals surface area contributed by atoms with Gasteiger partial charge in [-0.2, -0.15) is 0 Å². The molecule has 0 N–H and O–H groups in total. The van der Waals surface area contributed by atoms with Crippen LogP contribution in [0, 0.1) is 23.7 Å². The lowest BCUT2D eigenvalue weighted by molar-refractivity contribution is -0.0418. The third-order valence-electron chi connectivity index (χ3n) is 14.5. The summed E-state index contributed by atoms with van der Waals surface area (Å²) in [5, 5.41) is 5.26. The molecule has 272 valence electrons. The number of benzene rings is 7. The lowest BCUT2D eigenvalue weighted by atomic mass is 9.41. The zero-order valence-electron chi connectivity index (χ0n) is 30.8. The number of anilines is 3. The second-order valence-electron chi connectivity index (χ2n) is 17.0. The van der Waals surface area contributed by atoms with Gasteiger partial charge in [-0.1, -0.05) is 104 Å². The molecule has 5 aliphatic rings. The minimum atomic E-state index is 0. The Morgan fingerprint density at radius 3 is 1.64 bits per heavy atom. The fourth-order valence-corrected chi connectivity index (χ4v) is 12.8. The van der Waals surface area contributed by atoms with Crippen molar-refractivity contribution in [1.82, 2.24) is 9.13 Å². The highest BCUT2D eigenvalue weighted by molar-refractivity contribution is 6.18. The van der Waals surface area contributed by atoms with Gasteiger partial charge in [0.25, 0.3) is 0 Å². The van der Waals surface area contributed by atoms with Crippen molar-refractivity contribution in [2.24, 2.45) is 23.7 Å². The van der Waals surface area contributed by atoms with Gasteiger partial charge in [0.15, 0.2) is 0 Å². The molecule has 0 amide bonds. The van der Waals surface area contributed by atoms with Gasteiger partial charge in [-0.05, 0) is 134 Å². The van der Waals surface area contributed by atoms with Crippen LogP contribution in [0.2, 0.25) is 0 Å². The fourth-order valence-electron chi connectivity index (χ4n) is 12.8. The Morgan fingerprint density at radius 2 is 0.982 bits per heavy atom. The Hall–Kier alpha value is -6.06. The van der Waals surface area contributed by atoms with E-state index in [4.69, 9.17) is 0 Å². The molecule has 14 rings (SSSR count). The van der Waals surface area contributed by atoms with Crippen LogP contribution >= 0.6 is 0 Å². The first-order chi connectivity index (χ1) is 27.3. The molecule has 3 nitrogen and oxygen atoms in total. The number of hydrogen-bond acceptors (Lipinski definition) is 1. The third kappa shape index (κ3) is 4.08. The quantitative estimate of drug-likeness (QED) is 0.176. The molecule has 9 aromatic rings. The van der Waals surface area contributed by atoms with Gasteiger partial charge >= 0.3 is 0 Å². The summed E-state index contributed by atoms with van der Waals surface area (Å²) in [6.07, 6.45) is 6.96. The maximum absolute atomic E-state index is 2.64. The van der Waals surface area contributed by atoms with Gasteiger partial charge in [-0.25, -0.2) is 0 Å². The molecule has 0 saturated heterocycles. The number of rotatable bonds is 4. The van der Waals surface area contributed by atoms with Crippen LogP contribution in [0.25, 0.3) is 55.0 Å². The molecule has 0 atom stereocenters. The zero-order valence-corrected chi connectivity index (χ0v) is 30.8. The predicted octanol–water partition coefficient (Wildman–Crippen LogP) is 14.0. The minimum absolute atomic E-state index is 0. The summed E-state index contributed by atoms with van der Waals surface area (Å²) in [5.41, 5.74) is 14.5. The molecule has 4 aliphatic carbocycles. The maximum atomic E-state index is 2.64. The van der Waals surface area contributed by atoms with E-state index < -0.39 is 0 Å². The van der Waals surface area contributed by atoms with Gasteiger partial charge in [0.05, 0.1) is 33.4 Å². The van der Waals surface area contributed by atoms with E-state index in [0.29, 0.717) is 11.8 Å². The van der Waals surface area contributed by atoms with E-state index in [9.17, 15) is 0 Å². The average Bonchev–Trinajstić information content (AvgIpc) is 3.76. The smallest absolute Gasteiger partial charge is 0.0603 e. The normalized spacial score (nSPS) is 22.9. The Labute approximate surface area is 328 Å². The number of fused-ring (bicyclic) bond motifs is 8. The molecular weight excluding hydrogens is 679 g/mol. The number of hydrogen-bond donors (Lipinski definition) is 0. The SMILES string of the molecule is C.c1ccc(N(c2ccc(-n3c4ccccc4c4ccccc43)cc2)c2ccc3c4c2c2ccccc2n4-c2ccccc2C32C3CC4CC(C3)CC2C4)cc1. The van der Waals surface area contributed by atoms with Crippen LogP contribution in [0.1, 0.15) is 50.7 Å². The standard InChI is InChI=1S/C52H41N3.CH4/c1-2-12-37(13-3-1)53(38-22-24-39(25-23-38)54-45-18-8-4-14-40(45)41-15-5-9-19-46(41)54)49-27-26-44-51-50(49)42-16-6-10-20-47(42)55(51)48-21-11-7-17-43(48)52(44)35-29-33-28-34(31-35)32-36(52)30-33;/h1-27,33-36H,28-32H2;1H4. The van der Waals surface area contributed by atoms with Gasteiger partial charge in [0.1, 0.15) is 0 Å². The summed E-state index contributed by atoms with van der Waals surface area (Å²) in [7, 11) is 0. The van der Waals surface area contributed by atoms with Crippen molar-refractivity contribution < 1.29 is 0 Å². The van der Waals surface area contributed by atoms with Crippen LogP contribution < -0.4 is 4.90 Å². The monoisotopic (exact) mass is 723 g/mol. The van der Waals surface area contributed by atoms with E-state index in [1.807, 2.05) is 0 Å². The van der Waals surface area contributed by atoms with Crippen molar-refractivity contribution in [2.75, 3.05) is 4.90 Å². The van der Waals surface area contributed by atoms with Crippen LogP contribution in [0.3, 0.4) is 0 Å². The number of nitrogens with zero attached hydrogens (tertiary/aromatic N) is 3. The summed E-state index contributed by atoms with van der Waals surface area (Å²) >= 11 is 0. The van der Waals surface area contributed by atoms with Crippen molar-refractivity contribution in [3.63, 3.8) is 0 Å². The molecule has 0 unspecified atom stereocenters. The molecule has 3 heteroatoms. The molecule has 1 spiro atoms. The van der Waals surface area contributed by atoms with E-state index in [0.717, 1.165) is 17.5 Å². The highest BCUT2D eigenvalue weighted by Gasteiger charge is 2.61. The summed E-state index contributed by atoms with van der Waals surface area (Å²) in [6.45, 7) is 0. The largest absolute Gasteiger partial charge is 0.310 e. The van der Waals surface area contributed by atoms with Crippen molar-refractivity contribution >= 4 is 60.7 Å². The molecule has 2 aromatic heterocycles. The first-order valence-corrected chi connectivity index (χ1v) is 20.4. The Balaban J connectivity index is 0.00000345. The van der Waals surface area contributed by atoms with Crippen molar-refractivity contribution in [3.8, 4) is 11.4 Å². The number of aromatic nitrogens is 2. The summed E-state index contributed by atoms with van der Waals surface area (Å²) < 4.78 is 5.06. The molecule has 1 aliphatic heterocycles. The highest BCUT2D eigenvalue weighted by Crippen LogP contribution is 2.68. The van der Waals surface area contributed by atoms with Gasteiger partial charge in [0, 0.05) is 44.0 Å². The minimum Gasteiger partial charge on any atom is -0.310 e. The second-order valence-corrected chi connectivity index (χ2v) is 17.0. The number of para-hydroxylation sites is 5. The summed E-state index contributed by atoms with van der Waals surface area (Å²) in [6, 6.07) is 61.6. The van der Waals surface area contributed by atoms with E-state index in [-0.39, 0.29) is 12.8 Å². The van der Waals surface area contributed by atoms with Gasteiger partial charge < -0.3 is 14.0 Å². The summed E-state index contributed by atoms with van der Waals surface area (Å²) in [4.78, 5) is 2.51. The van der Waals surface area contributed by atoms with Crippen LogP contribution in [-0.4, -0.2) is 9.13 Å². The maximum Gasteiger partial charge on any atom is 0.0603 e. The topological polar surface area (TPSA) is 13.1 Å². The molecule has 7 aromatic carbocycles. The van der Waals surface area contributed by atoms with Crippen molar-refractivity contribution in [2.45, 2.75) is 44.9 Å². The third-order valence-corrected chi connectivity index (χ3v) is 14.5. The Bertz CT molecular complexity index is 2920.